The second kappa shape index (κ2) is 9.87. The van der Waals surface area contributed by atoms with Crippen LogP contribution in [0.2, 0.25) is 0 Å². The van der Waals surface area contributed by atoms with Gasteiger partial charge >= 0.3 is 0 Å². The highest BCUT2D eigenvalue weighted by Crippen LogP contribution is 2.30. The number of β-amino-alcohol motifs (C(OH)–C–C–N with tert-alkyl or cyclic N) is 1. The highest BCUT2D eigenvalue weighted by atomic mass is 32.1. The molecule has 5 rings (SSSR count). The molecule has 184 valence electrons. The van der Waals surface area contributed by atoms with E-state index in [1.807, 2.05) is 43.6 Å². The van der Waals surface area contributed by atoms with Crippen LogP contribution in [0.5, 0.6) is 0 Å². The molecule has 35 heavy (non-hydrogen) atoms. The highest BCUT2D eigenvalue weighted by Gasteiger charge is 2.42. The lowest BCUT2D eigenvalue weighted by Crippen LogP contribution is -2.48. The number of nitrogens with one attached hydrogen (secondary N) is 1. The summed E-state index contributed by atoms with van der Waals surface area (Å²) in [6, 6.07) is 6.64. The second-order valence-electron chi connectivity index (χ2n) is 9.45. The third-order valence-corrected chi connectivity index (χ3v) is 8.01. The molecule has 1 saturated heterocycles. The van der Waals surface area contributed by atoms with Gasteiger partial charge in [-0.25, -0.2) is 9.67 Å². The lowest BCUT2D eigenvalue weighted by atomic mass is 10.0. The Morgan fingerprint density at radius 3 is 2.74 bits per heavy atom. The van der Waals surface area contributed by atoms with E-state index in [2.05, 4.69) is 20.6 Å². The molecule has 1 aromatic carbocycles. The summed E-state index contributed by atoms with van der Waals surface area (Å²) in [5, 5.41) is 21.5. The number of aliphatic hydroxyl groups is 1. The van der Waals surface area contributed by atoms with Crippen molar-refractivity contribution in [1.29, 1.82) is 0 Å². The molecule has 0 aliphatic carbocycles. The molecule has 2 aliphatic rings. The molecule has 9 nitrogen and oxygen atoms in total. The van der Waals surface area contributed by atoms with Gasteiger partial charge in [0.2, 0.25) is 11.8 Å². The predicted molar refractivity (Wildman–Crippen MR) is 132 cm³/mol. The van der Waals surface area contributed by atoms with Crippen molar-refractivity contribution in [3.05, 3.63) is 52.9 Å². The van der Waals surface area contributed by atoms with E-state index in [4.69, 9.17) is 0 Å². The number of carbonyl (C=O) groups is 2. The first kappa shape index (κ1) is 23.6. The van der Waals surface area contributed by atoms with Gasteiger partial charge in [0.05, 0.1) is 40.1 Å². The standard InChI is InChI=1S/C25H30N6O3S/c1-15(17-7-9-18(10-8-17)23-16(2)26-14-35-23)28-24(33)22-11-20(32)13-30(22)25(34)21-6-4-3-5-19-12-27-29-31(19)21/h7-10,12,14-15,20-22,32H,3-6,11,13H2,1-2H3,(H,28,33)/t15-,20+,21-,22-/m0/s1. The smallest absolute Gasteiger partial charge is 0.248 e. The molecule has 2 N–H and O–H groups in total. The van der Waals surface area contributed by atoms with Crippen LogP contribution >= 0.6 is 11.3 Å². The molecule has 0 spiro atoms. The second-order valence-corrected chi connectivity index (χ2v) is 10.3. The van der Waals surface area contributed by atoms with Crippen LogP contribution in [0.25, 0.3) is 10.4 Å². The summed E-state index contributed by atoms with van der Waals surface area (Å²) >= 11 is 1.60. The van der Waals surface area contributed by atoms with Gasteiger partial charge < -0.3 is 15.3 Å². The number of nitrogens with zero attached hydrogens (tertiary/aromatic N) is 5. The van der Waals surface area contributed by atoms with Crippen LogP contribution in [0.1, 0.15) is 61.6 Å². The molecule has 4 atom stereocenters. The van der Waals surface area contributed by atoms with Gasteiger partial charge in [-0.15, -0.1) is 16.4 Å². The predicted octanol–water partition coefficient (Wildman–Crippen LogP) is 2.82. The van der Waals surface area contributed by atoms with Crippen LogP contribution in [-0.4, -0.2) is 60.5 Å². The molecule has 0 saturated carbocycles. The summed E-state index contributed by atoms with van der Waals surface area (Å²) in [5.41, 5.74) is 5.84. The topological polar surface area (TPSA) is 113 Å². The fourth-order valence-corrected chi connectivity index (χ4v) is 5.90. The molecule has 10 heteroatoms. The van der Waals surface area contributed by atoms with E-state index in [9.17, 15) is 14.7 Å². The van der Waals surface area contributed by atoms with Gasteiger partial charge in [0.1, 0.15) is 12.1 Å². The maximum absolute atomic E-state index is 13.5. The van der Waals surface area contributed by atoms with E-state index in [0.29, 0.717) is 6.42 Å². The van der Waals surface area contributed by atoms with Gasteiger partial charge in [-0.3, -0.25) is 9.59 Å². The minimum Gasteiger partial charge on any atom is -0.391 e. The highest BCUT2D eigenvalue weighted by molar-refractivity contribution is 7.13. The molecular formula is C25H30N6O3S. The molecule has 0 bridgehead atoms. The van der Waals surface area contributed by atoms with Crippen LogP contribution in [0.4, 0.5) is 0 Å². The number of aryl methyl sites for hydroxylation is 2. The van der Waals surface area contributed by atoms with E-state index in [-0.39, 0.29) is 30.8 Å². The van der Waals surface area contributed by atoms with Crippen molar-refractivity contribution in [2.75, 3.05) is 6.54 Å². The monoisotopic (exact) mass is 494 g/mol. The van der Waals surface area contributed by atoms with Gasteiger partial charge in [0, 0.05) is 13.0 Å². The van der Waals surface area contributed by atoms with Crippen molar-refractivity contribution in [2.24, 2.45) is 0 Å². The third kappa shape index (κ3) is 4.72. The van der Waals surface area contributed by atoms with Crippen molar-refractivity contribution >= 4 is 23.2 Å². The minimum atomic E-state index is -0.729. The summed E-state index contributed by atoms with van der Waals surface area (Å²) in [4.78, 5) is 33.8. The summed E-state index contributed by atoms with van der Waals surface area (Å²) < 4.78 is 1.70. The van der Waals surface area contributed by atoms with Crippen LogP contribution in [0.15, 0.2) is 36.0 Å². The van der Waals surface area contributed by atoms with Gasteiger partial charge in [-0.1, -0.05) is 35.9 Å². The van der Waals surface area contributed by atoms with E-state index >= 15 is 0 Å². The number of amides is 2. The van der Waals surface area contributed by atoms with Gasteiger partial charge in [-0.2, -0.15) is 0 Å². The molecule has 1 fully saturated rings. The molecule has 0 radical (unpaired) electrons. The minimum absolute atomic E-state index is 0.148. The van der Waals surface area contributed by atoms with Crippen molar-refractivity contribution in [1.82, 2.24) is 30.2 Å². The number of benzene rings is 1. The Balaban J connectivity index is 1.28. The molecule has 3 aromatic rings. The molecule has 4 heterocycles. The maximum atomic E-state index is 13.5. The number of aliphatic hydroxyl groups excluding tert-OH is 1. The van der Waals surface area contributed by atoms with Crippen molar-refractivity contribution < 1.29 is 14.7 Å². The maximum Gasteiger partial charge on any atom is 0.248 e. The molecule has 2 aliphatic heterocycles. The van der Waals surface area contributed by atoms with Gasteiger partial charge in [-0.05, 0) is 44.2 Å². The zero-order valence-corrected chi connectivity index (χ0v) is 20.7. The fourth-order valence-electron chi connectivity index (χ4n) is 5.09. The number of aromatic nitrogens is 4. The Morgan fingerprint density at radius 1 is 1.20 bits per heavy atom. The number of carbonyl (C=O) groups excluding carboxylic acids is 2. The Kier molecular flexibility index (Phi) is 6.66. The number of fused-ring (bicyclic) bond motifs is 1. The molecule has 2 aromatic heterocycles. The number of likely N-dealkylation sites (tertiary alicyclic amines) is 1. The number of thiazole rings is 1. The third-order valence-electron chi connectivity index (χ3n) is 7.03. The molecular weight excluding hydrogens is 464 g/mol. The summed E-state index contributed by atoms with van der Waals surface area (Å²) in [6.07, 6.45) is 4.57. The van der Waals surface area contributed by atoms with E-state index < -0.39 is 18.2 Å². The van der Waals surface area contributed by atoms with Crippen molar-refractivity contribution in [3.8, 4) is 10.4 Å². The Labute approximate surface area is 208 Å². The fraction of sp³-hybridized carbons (Fsp3) is 0.480. The molecule has 2 amide bonds. The van der Waals surface area contributed by atoms with Crippen molar-refractivity contribution in [3.63, 3.8) is 0 Å². The zero-order valence-electron chi connectivity index (χ0n) is 19.9. The van der Waals surface area contributed by atoms with E-state index in [1.165, 1.54) is 4.90 Å². The molecule has 0 unspecified atom stereocenters. The largest absolute Gasteiger partial charge is 0.391 e. The van der Waals surface area contributed by atoms with Gasteiger partial charge in [0.25, 0.3) is 0 Å². The van der Waals surface area contributed by atoms with Crippen molar-refractivity contribution in [2.45, 2.75) is 70.2 Å². The Hall–Kier alpha value is -3.11. The average molecular weight is 495 g/mol. The number of hydrogen-bond acceptors (Lipinski definition) is 7. The zero-order chi connectivity index (χ0) is 24.5. The SMILES string of the molecule is Cc1ncsc1-c1ccc([C@H](C)NC(=O)[C@@H]2C[C@@H](O)CN2C(=O)[C@@H]2CCCCc3cnnn32)cc1. The first-order valence-electron chi connectivity index (χ1n) is 12.1. The van der Waals surface area contributed by atoms with Crippen LogP contribution < -0.4 is 5.32 Å². The Bertz CT molecular complexity index is 1210. The lowest BCUT2D eigenvalue weighted by molar-refractivity contribution is -0.141. The first-order valence-corrected chi connectivity index (χ1v) is 13.0. The Morgan fingerprint density at radius 2 is 2.00 bits per heavy atom. The summed E-state index contributed by atoms with van der Waals surface area (Å²) in [7, 11) is 0. The number of hydrogen-bond donors (Lipinski definition) is 2. The average Bonchev–Trinajstić information content (AvgIpc) is 3.56. The lowest BCUT2D eigenvalue weighted by Gasteiger charge is -2.29. The first-order chi connectivity index (χ1) is 16.9. The normalized spacial score (nSPS) is 22.9. The summed E-state index contributed by atoms with van der Waals surface area (Å²) in [5.74, 6) is -0.426. The summed E-state index contributed by atoms with van der Waals surface area (Å²) in [6.45, 7) is 4.06. The number of rotatable bonds is 5. The van der Waals surface area contributed by atoms with Crippen LogP contribution in [0, 0.1) is 6.92 Å². The van der Waals surface area contributed by atoms with Crippen LogP contribution in [-0.2, 0) is 16.0 Å². The van der Waals surface area contributed by atoms with E-state index in [0.717, 1.165) is 46.7 Å². The van der Waals surface area contributed by atoms with Gasteiger partial charge in [0.15, 0.2) is 0 Å². The van der Waals surface area contributed by atoms with Crippen LogP contribution in [0.3, 0.4) is 0 Å². The quantitative estimate of drug-likeness (QED) is 0.564. The van der Waals surface area contributed by atoms with E-state index in [1.54, 1.807) is 22.2 Å².